The third-order valence-corrected chi connectivity index (χ3v) is 5.06. The van der Waals surface area contributed by atoms with Crippen molar-refractivity contribution in [3.8, 4) is 0 Å². The molecule has 0 atom stereocenters. The van der Waals surface area contributed by atoms with Crippen LogP contribution in [0.3, 0.4) is 0 Å². The van der Waals surface area contributed by atoms with E-state index in [-0.39, 0.29) is 12.8 Å². The molecule has 0 saturated carbocycles. The van der Waals surface area contributed by atoms with Crippen molar-refractivity contribution in [2.24, 2.45) is 0 Å². The SMILES string of the molecule is O=C(O)CCc1nnc(Sc2nc(CC(=O)O)cs2)s1. The van der Waals surface area contributed by atoms with Gasteiger partial charge in [0.1, 0.15) is 5.01 Å². The smallest absolute Gasteiger partial charge is 0.309 e. The standard InChI is InChI=1S/C10H9N3O4S3/c14-7(15)2-1-6-12-13-10(19-6)20-9-11-5(4-18-9)3-8(16)17/h4H,1-3H2,(H,14,15)(H,16,17). The van der Waals surface area contributed by atoms with Gasteiger partial charge in [0.25, 0.3) is 0 Å². The minimum Gasteiger partial charge on any atom is -0.481 e. The Morgan fingerprint density at radius 1 is 1.20 bits per heavy atom. The lowest BCUT2D eigenvalue weighted by Gasteiger charge is -1.90. The second-order valence-electron chi connectivity index (χ2n) is 3.63. The van der Waals surface area contributed by atoms with Crippen LogP contribution in [0.4, 0.5) is 0 Å². The molecule has 0 fully saturated rings. The zero-order chi connectivity index (χ0) is 14.5. The number of carbonyl (C=O) groups is 2. The maximum absolute atomic E-state index is 10.6. The lowest BCUT2D eigenvalue weighted by molar-refractivity contribution is -0.137. The quantitative estimate of drug-likeness (QED) is 0.789. The zero-order valence-corrected chi connectivity index (χ0v) is 12.4. The summed E-state index contributed by atoms with van der Waals surface area (Å²) in [6.07, 6.45) is 0.284. The number of hydrogen-bond donors (Lipinski definition) is 2. The number of carboxylic acid groups (broad SMARTS) is 2. The molecule has 0 unspecified atom stereocenters. The number of hydrogen-bond acceptors (Lipinski definition) is 8. The van der Waals surface area contributed by atoms with Crippen LogP contribution in [0, 0.1) is 0 Å². The third kappa shape index (κ3) is 4.54. The van der Waals surface area contributed by atoms with Crippen molar-refractivity contribution in [1.29, 1.82) is 0 Å². The fourth-order valence-corrected chi connectivity index (χ4v) is 4.17. The van der Waals surface area contributed by atoms with Crippen LogP contribution < -0.4 is 0 Å². The van der Waals surface area contributed by atoms with E-state index in [4.69, 9.17) is 10.2 Å². The summed E-state index contributed by atoms with van der Waals surface area (Å²) in [5, 5.41) is 27.5. The number of aryl methyl sites for hydroxylation is 1. The first-order chi connectivity index (χ1) is 9.52. The van der Waals surface area contributed by atoms with Crippen LogP contribution in [-0.2, 0) is 22.4 Å². The van der Waals surface area contributed by atoms with E-state index in [0.29, 0.717) is 25.8 Å². The van der Waals surface area contributed by atoms with Crippen LogP contribution in [0.25, 0.3) is 0 Å². The highest BCUT2D eigenvalue weighted by Crippen LogP contribution is 2.32. The van der Waals surface area contributed by atoms with Crippen molar-refractivity contribution in [1.82, 2.24) is 15.2 Å². The molecule has 2 rings (SSSR count). The summed E-state index contributed by atoms with van der Waals surface area (Å²) in [5.74, 6) is -1.79. The van der Waals surface area contributed by atoms with Crippen LogP contribution >= 0.6 is 34.4 Å². The molecule has 2 aromatic rings. The molecule has 0 bridgehead atoms. The van der Waals surface area contributed by atoms with E-state index >= 15 is 0 Å². The molecule has 0 aliphatic heterocycles. The highest BCUT2D eigenvalue weighted by atomic mass is 32.2. The van der Waals surface area contributed by atoms with Gasteiger partial charge in [-0.05, 0) is 11.8 Å². The van der Waals surface area contributed by atoms with Gasteiger partial charge >= 0.3 is 11.9 Å². The second kappa shape index (κ2) is 6.77. The van der Waals surface area contributed by atoms with Crippen molar-refractivity contribution < 1.29 is 19.8 Å². The van der Waals surface area contributed by atoms with Gasteiger partial charge in [0, 0.05) is 11.8 Å². The molecule has 0 aliphatic rings. The first kappa shape index (κ1) is 14.9. The van der Waals surface area contributed by atoms with Crippen LogP contribution in [0.15, 0.2) is 14.1 Å². The Hall–Kier alpha value is -1.52. The Balaban J connectivity index is 1.94. The highest BCUT2D eigenvalue weighted by molar-refractivity contribution is 8.02. The van der Waals surface area contributed by atoms with Gasteiger partial charge in [-0.3, -0.25) is 9.59 Å². The van der Waals surface area contributed by atoms with Gasteiger partial charge in [-0.1, -0.05) is 11.3 Å². The predicted molar refractivity (Wildman–Crippen MR) is 73.4 cm³/mol. The van der Waals surface area contributed by atoms with E-state index in [0.717, 1.165) is 0 Å². The Morgan fingerprint density at radius 2 is 2.00 bits per heavy atom. The fraction of sp³-hybridized carbons (Fsp3) is 0.300. The summed E-state index contributed by atoms with van der Waals surface area (Å²) in [4.78, 5) is 25.2. The van der Waals surface area contributed by atoms with Gasteiger partial charge in [-0.15, -0.1) is 21.5 Å². The van der Waals surface area contributed by atoms with Gasteiger partial charge in [-0.25, -0.2) is 4.98 Å². The maximum atomic E-state index is 10.6. The van der Waals surface area contributed by atoms with Crippen molar-refractivity contribution in [3.63, 3.8) is 0 Å². The fourth-order valence-electron chi connectivity index (χ4n) is 1.24. The minimum absolute atomic E-state index is 0.0271. The molecule has 2 heterocycles. The molecular weight excluding hydrogens is 322 g/mol. The lowest BCUT2D eigenvalue weighted by Crippen LogP contribution is -1.99. The van der Waals surface area contributed by atoms with Crippen LogP contribution in [0.1, 0.15) is 17.1 Å². The van der Waals surface area contributed by atoms with Gasteiger partial charge in [0.15, 0.2) is 8.68 Å². The molecule has 0 amide bonds. The molecule has 10 heteroatoms. The van der Waals surface area contributed by atoms with Crippen LogP contribution in [0.2, 0.25) is 0 Å². The van der Waals surface area contributed by atoms with E-state index in [1.54, 1.807) is 5.38 Å². The number of rotatable bonds is 7. The second-order valence-corrected chi connectivity index (χ2v) is 7.05. The number of nitrogens with zero attached hydrogens (tertiary/aromatic N) is 3. The molecule has 2 aromatic heterocycles. The lowest BCUT2D eigenvalue weighted by atomic mass is 10.3. The Bertz CT molecular complexity index is 625. The normalized spacial score (nSPS) is 10.6. The zero-order valence-electron chi connectivity index (χ0n) is 9.98. The summed E-state index contributed by atoms with van der Waals surface area (Å²) in [7, 11) is 0. The van der Waals surface area contributed by atoms with Crippen molar-refractivity contribution >= 4 is 46.4 Å². The summed E-state index contributed by atoms with van der Waals surface area (Å²) in [5.41, 5.74) is 0.514. The Labute approximate surface area is 125 Å². The molecule has 106 valence electrons. The van der Waals surface area contributed by atoms with Crippen LogP contribution in [-0.4, -0.2) is 37.3 Å². The van der Waals surface area contributed by atoms with Crippen LogP contribution in [0.5, 0.6) is 0 Å². The van der Waals surface area contributed by atoms with E-state index < -0.39 is 11.9 Å². The van der Waals surface area contributed by atoms with Crippen molar-refractivity contribution in [3.05, 3.63) is 16.1 Å². The minimum atomic E-state index is -0.918. The van der Waals surface area contributed by atoms with Gasteiger partial charge in [0.05, 0.1) is 18.5 Å². The van der Waals surface area contributed by atoms with Gasteiger partial charge in [0.2, 0.25) is 0 Å². The third-order valence-electron chi connectivity index (χ3n) is 2.04. The average molecular weight is 331 g/mol. The van der Waals surface area contributed by atoms with Gasteiger partial charge < -0.3 is 10.2 Å². The summed E-state index contributed by atoms with van der Waals surface area (Å²) >= 11 is 3.97. The average Bonchev–Trinajstić information content (AvgIpc) is 2.96. The summed E-state index contributed by atoms with van der Waals surface area (Å²) < 4.78 is 1.36. The molecule has 7 nitrogen and oxygen atoms in total. The summed E-state index contributed by atoms with van der Waals surface area (Å²) in [6.45, 7) is 0. The molecule has 0 saturated heterocycles. The Morgan fingerprint density at radius 3 is 2.70 bits per heavy atom. The molecule has 0 radical (unpaired) electrons. The number of carboxylic acids is 2. The molecule has 0 aliphatic carbocycles. The monoisotopic (exact) mass is 331 g/mol. The van der Waals surface area contributed by atoms with E-state index in [9.17, 15) is 9.59 Å². The topological polar surface area (TPSA) is 113 Å². The van der Waals surface area contributed by atoms with E-state index in [2.05, 4.69) is 15.2 Å². The molecule has 2 N–H and O–H groups in total. The van der Waals surface area contributed by atoms with E-state index in [1.807, 2.05) is 0 Å². The highest BCUT2D eigenvalue weighted by Gasteiger charge is 2.11. The number of aromatic nitrogens is 3. The summed E-state index contributed by atoms with van der Waals surface area (Å²) in [6, 6.07) is 0. The number of aliphatic carboxylic acids is 2. The largest absolute Gasteiger partial charge is 0.481 e. The van der Waals surface area contributed by atoms with Gasteiger partial charge in [-0.2, -0.15) is 0 Å². The van der Waals surface area contributed by atoms with Crippen molar-refractivity contribution in [2.45, 2.75) is 27.9 Å². The van der Waals surface area contributed by atoms with E-state index in [1.165, 1.54) is 34.4 Å². The Kier molecular flexibility index (Phi) is 5.04. The molecule has 0 aromatic carbocycles. The predicted octanol–water partition coefficient (Wildman–Crippen LogP) is 1.79. The maximum Gasteiger partial charge on any atom is 0.309 e. The number of thiazole rings is 1. The first-order valence-corrected chi connectivity index (χ1v) is 7.92. The molecule has 0 spiro atoms. The van der Waals surface area contributed by atoms with Crippen molar-refractivity contribution in [2.75, 3.05) is 0 Å². The molecule has 20 heavy (non-hydrogen) atoms. The molecular formula is C10H9N3O4S3. The first-order valence-electron chi connectivity index (χ1n) is 5.41.